The van der Waals surface area contributed by atoms with Crippen LogP contribution in [0.1, 0.15) is 19.3 Å². The second-order valence-corrected chi connectivity index (χ2v) is 7.12. The molecule has 2 aliphatic rings. The van der Waals surface area contributed by atoms with Crippen LogP contribution in [0.5, 0.6) is 0 Å². The molecule has 2 heterocycles. The Balaban J connectivity index is 1.90. The molecule has 2 atom stereocenters. The van der Waals surface area contributed by atoms with Crippen molar-refractivity contribution in [1.82, 2.24) is 4.90 Å². The number of sulfone groups is 1. The van der Waals surface area contributed by atoms with Gasteiger partial charge in [-0.05, 0) is 31.7 Å². The Labute approximate surface area is 96.8 Å². The Kier molecular flexibility index (Phi) is 3.84. The van der Waals surface area contributed by atoms with Crippen LogP contribution in [0.25, 0.3) is 0 Å². The third-order valence-corrected chi connectivity index (χ3v) is 5.36. The molecule has 0 bridgehead atoms. The Morgan fingerprint density at radius 1 is 1.38 bits per heavy atom. The van der Waals surface area contributed by atoms with E-state index in [2.05, 4.69) is 9.74 Å². The SMILES string of the molecule is NOCC1CCCN(C2CCS(=O)(=O)C2)C1. The normalized spacial score (nSPS) is 35.3. The molecule has 0 aromatic rings. The van der Waals surface area contributed by atoms with E-state index in [1.54, 1.807) is 0 Å². The highest BCUT2D eigenvalue weighted by Gasteiger charge is 2.34. The van der Waals surface area contributed by atoms with Crippen molar-refractivity contribution in [2.75, 3.05) is 31.2 Å². The summed E-state index contributed by atoms with van der Waals surface area (Å²) in [5, 5.41) is 0. The molecule has 6 heteroatoms. The first kappa shape index (κ1) is 12.3. The quantitative estimate of drug-likeness (QED) is 0.699. The van der Waals surface area contributed by atoms with Crippen molar-refractivity contribution in [3.8, 4) is 0 Å². The number of nitrogens with two attached hydrogens (primary N) is 1. The first-order valence-electron chi connectivity index (χ1n) is 5.87. The summed E-state index contributed by atoms with van der Waals surface area (Å²) in [7, 11) is -2.77. The molecule has 5 nitrogen and oxygen atoms in total. The fourth-order valence-electron chi connectivity index (χ4n) is 2.76. The number of nitrogens with zero attached hydrogens (tertiary/aromatic N) is 1. The summed E-state index contributed by atoms with van der Waals surface area (Å²) in [6.45, 7) is 2.52. The smallest absolute Gasteiger partial charge is 0.151 e. The second-order valence-electron chi connectivity index (χ2n) is 4.89. The molecule has 16 heavy (non-hydrogen) atoms. The minimum Gasteiger partial charge on any atom is -0.304 e. The van der Waals surface area contributed by atoms with E-state index in [0.717, 1.165) is 32.4 Å². The third-order valence-electron chi connectivity index (χ3n) is 3.61. The van der Waals surface area contributed by atoms with Crippen molar-refractivity contribution in [1.29, 1.82) is 0 Å². The van der Waals surface area contributed by atoms with Crippen LogP contribution >= 0.6 is 0 Å². The van der Waals surface area contributed by atoms with Gasteiger partial charge in [0, 0.05) is 12.6 Å². The van der Waals surface area contributed by atoms with Gasteiger partial charge in [0.1, 0.15) is 0 Å². The molecule has 2 saturated heterocycles. The van der Waals surface area contributed by atoms with E-state index in [-0.39, 0.29) is 6.04 Å². The first-order chi connectivity index (χ1) is 7.61. The van der Waals surface area contributed by atoms with Gasteiger partial charge in [0.2, 0.25) is 0 Å². The fourth-order valence-corrected chi connectivity index (χ4v) is 4.53. The lowest BCUT2D eigenvalue weighted by molar-refractivity contribution is 0.0497. The van der Waals surface area contributed by atoms with Crippen LogP contribution in [0, 0.1) is 5.92 Å². The highest BCUT2D eigenvalue weighted by molar-refractivity contribution is 7.91. The van der Waals surface area contributed by atoms with Crippen LogP contribution in [-0.4, -0.2) is 50.6 Å². The van der Waals surface area contributed by atoms with Gasteiger partial charge in [-0.15, -0.1) is 0 Å². The highest BCUT2D eigenvalue weighted by Crippen LogP contribution is 2.24. The van der Waals surface area contributed by atoms with Crippen LogP contribution < -0.4 is 5.90 Å². The van der Waals surface area contributed by atoms with Crippen molar-refractivity contribution in [2.45, 2.75) is 25.3 Å². The number of hydrogen-bond donors (Lipinski definition) is 1. The zero-order valence-electron chi connectivity index (χ0n) is 9.47. The lowest BCUT2D eigenvalue weighted by Crippen LogP contribution is -2.44. The zero-order chi connectivity index (χ0) is 11.6. The molecule has 2 unspecified atom stereocenters. The summed E-state index contributed by atoms with van der Waals surface area (Å²) < 4.78 is 22.8. The summed E-state index contributed by atoms with van der Waals surface area (Å²) in [6.07, 6.45) is 3.04. The molecule has 0 aromatic carbocycles. The first-order valence-corrected chi connectivity index (χ1v) is 7.69. The number of piperidine rings is 1. The predicted molar refractivity (Wildman–Crippen MR) is 61.5 cm³/mol. The van der Waals surface area contributed by atoms with Gasteiger partial charge >= 0.3 is 0 Å². The molecule has 0 radical (unpaired) electrons. The molecular weight excluding hydrogens is 228 g/mol. The van der Waals surface area contributed by atoms with E-state index in [1.165, 1.54) is 0 Å². The summed E-state index contributed by atoms with van der Waals surface area (Å²) in [5.74, 6) is 6.24. The molecule has 2 aliphatic heterocycles. The van der Waals surface area contributed by atoms with E-state index >= 15 is 0 Å². The summed E-state index contributed by atoms with van der Waals surface area (Å²) in [6, 6.07) is 0.227. The average Bonchev–Trinajstić information content (AvgIpc) is 2.60. The van der Waals surface area contributed by atoms with Crippen LogP contribution in [-0.2, 0) is 14.7 Å². The maximum Gasteiger partial charge on any atom is 0.151 e. The molecule has 94 valence electrons. The van der Waals surface area contributed by atoms with Crippen LogP contribution in [0.15, 0.2) is 0 Å². The number of likely N-dealkylation sites (tertiary alicyclic amines) is 1. The lowest BCUT2D eigenvalue weighted by Gasteiger charge is -2.35. The van der Waals surface area contributed by atoms with Crippen LogP contribution in [0.4, 0.5) is 0 Å². The van der Waals surface area contributed by atoms with Gasteiger partial charge in [-0.2, -0.15) is 0 Å². The van der Waals surface area contributed by atoms with Crippen molar-refractivity contribution >= 4 is 9.84 Å². The van der Waals surface area contributed by atoms with Gasteiger partial charge in [-0.25, -0.2) is 14.3 Å². The molecule has 2 N–H and O–H groups in total. The Morgan fingerprint density at radius 2 is 2.19 bits per heavy atom. The zero-order valence-corrected chi connectivity index (χ0v) is 10.3. The molecule has 0 aromatic heterocycles. The standard InChI is InChI=1S/C10H20N2O3S/c11-15-7-9-2-1-4-12(6-9)10-3-5-16(13,14)8-10/h9-10H,1-8,11H2. The molecule has 0 amide bonds. The fraction of sp³-hybridized carbons (Fsp3) is 1.00. The Hall–Kier alpha value is -0.170. The largest absolute Gasteiger partial charge is 0.304 e. The highest BCUT2D eigenvalue weighted by atomic mass is 32.2. The van der Waals surface area contributed by atoms with Gasteiger partial charge < -0.3 is 4.84 Å². The lowest BCUT2D eigenvalue weighted by atomic mass is 9.97. The summed E-state index contributed by atoms with van der Waals surface area (Å²) >= 11 is 0. The molecule has 0 spiro atoms. The van der Waals surface area contributed by atoms with Crippen LogP contribution in [0.3, 0.4) is 0 Å². The van der Waals surface area contributed by atoms with Gasteiger partial charge in [-0.3, -0.25) is 4.90 Å². The van der Waals surface area contributed by atoms with E-state index in [0.29, 0.717) is 24.0 Å². The monoisotopic (exact) mass is 248 g/mol. The second kappa shape index (κ2) is 5.00. The van der Waals surface area contributed by atoms with E-state index in [9.17, 15) is 8.42 Å². The minimum atomic E-state index is -2.77. The summed E-state index contributed by atoms with van der Waals surface area (Å²) in [4.78, 5) is 6.99. The van der Waals surface area contributed by atoms with E-state index in [4.69, 9.17) is 5.90 Å². The number of rotatable bonds is 3. The molecule has 2 fully saturated rings. The molecule has 0 saturated carbocycles. The molecule has 2 rings (SSSR count). The van der Waals surface area contributed by atoms with Gasteiger partial charge in [0.05, 0.1) is 18.1 Å². The van der Waals surface area contributed by atoms with Gasteiger partial charge in [0.15, 0.2) is 9.84 Å². The van der Waals surface area contributed by atoms with E-state index in [1.807, 2.05) is 0 Å². The van der Waals surface area contributed by atoms with Crippen molar-refractivity contribution in [2.24, 2.45) is 11.8 Å². The van der Waals surface area contributed by atoms with Crippen LogP contribution in [0.2, 0.25) is 0 Å². The molecule has 0 aliphatic carbocycles. The molecular formula is C10H20N2O3S. The predicted octanol–water partition coefficient (Wildman–Crippen LogP) is -0.224. The topological polar surface area (TPSA) is 72.6 Å². The Bertz CT molecular complexity index is 329. The van der Waals surface area contributed by atoms with Gasteiger partial charge in [-0.1, -0.05) is 0 Å². The summed E-state index contributed by atoms with van der Waals surface area (Å²) in [5.41, 5.74) is 0. The minimum absolute atomic E-state index is 0.227. The van der Waals surface area contributed by atoms with Gasteiger partial charge in [0.25, 0.3) is 0 Å². The average molecular weight is 248 g/mol. The van der Waals surface area contributed by atoms with Crippen molar-refractivity contribution < 1.29 is 13.3 Å². The van der Waals surface area contributed by atoms with Crippen molar-refractivity contribution in [3.63, 3.8) is 0 Å². The maximum atomic E-state index is 11.4. The Morgan fingerprint density at radius 3 is 2.81 bits per heavy atom. The van der Waals surface area contributed by atoms with E-state index < -0.39 is 9.84 Å². The van der Waals surface area contributed by atoms with Crippen molar-refractivity contribution in [3.05, 3.63) is 0 Å². The number of hydrogen-bond acceptors (Lipinski definition) is 5. The maximum absolute atomic E-state index is 11.4. The third kappa shape index (κ3) is 2.94.